The van der Waals surface area contributed by atoms with Crippen LogP contribution < -0.4 is 14.8 Å². The molecule has 6 nitrogen and oxygen atoms in total. The van der Waals surface area contributed by atoms with E-state index in [0.29, 0.717) is 32.2 Å². The molecule has 3 rings (SSSR count). The first kappa shape index (κ1) is 22.2. The molecule has 10 heteroatoms. The van der Waals surface area contributed by atoms with E-state index in [2.05, 4.69) is 10.0 Å². The summed E-state index contributed by atoms with van der Waals surface area (Å²) in [6.45, 7) is -0.284. The van der Waals surface area contributed by atoms with E-state index in [1.54, 1.807) is 36.4 Å². The van der Waals surface area contributed by atoms with Gasteiger partial charge in [0.25, 0.3) is 15.9 Å². The van der Waals surface area contributed by atoms with Gasteiger partial charge in [-0.1, -0.05) is 34.8 Å². The maximum atomic E-state index is 12.5. The van der Waals surface area contributed by atoms with Gasteiger partial charge >= 0.3 is 0 Å². The molecule has 0 aromatic heterocycles. The summed E-state index contributed by atoms with van der Waals surface area (Å²) >= 11 is 17.6. The Morgan fingerprint density at radius 3 is 2.13 bits per heavy atom. The molecule has 0 saturated carbocycles. The van der Waals surface area contributed by atoms with Crippen LogP contribution in [0.4, 0.5) is 11.4 Å². The highest BCUT2D eigenvalue weighted by Gasteiger charge is 2.14. The fourth-order valence-corrected chi connectivity index (χ4v) is 4.01. The van der Waals surface area contributed by atoms with Crippen molar-refractivity contribution in [2.75, 3.05) is 16.6 Å². The Kier molecular flexibility index (Phi) is 7.10. The minimum Gasteiger partial charge on any atom is -0.484 e. The number of sulfonamides is 1. The van der Waals surface area contributed by atoms with Crippen molar-refractivity contribution >= 4 is 62.1 Å². The number of anilines is 2. The number of hydrogen-bond acceptors (Lipinski definition) is 4. The summed E-state index contributed by atoms with van der Waals surface area (Å²) in [6.07, 6.45) is 0. The first-order valence-corrected chi connectivity index (χ1v) is 11.1. The third-order valence-electron chi connectivity index (χ3n) is 3.81. The lowest BCUT2D eigenvalue weighted by atomic mass is 10.3. The second-order valence-corrected chi connectivity index (χ2v) is 9.01. The number of nitrogens with one attached hydrogen (secondary N) is 2. The SMILES string of the molecule is O=C(COc1ccc(S(=O)(=O)Nc2ccc(Cl)cc2)cc1)Nc1ccc(Cl)cc1Cl. The normalized spacial score (nSPS) is 11.0. The van der Waals surface area contributed by atoms with Crippen molar-refractivity contribution in [2.24, 2.45) is 0 Å². The van der Waals surface area contributed by atoms with Crippen LogP contribution in [-0.2, 0) is 14.8 Å². The summed E-state index contributed by atoms with van der Waals surface area (Å²) in [5, 5.41) is 3.86. The van der Waals surface area contributed by atoms with E-state index >= 15 is 0 Å². The van der Waals surface area contributed by atoms with E-state index in [9.17, 15) is 13.2 Å². The second-order valence-electron chi connectivity index (χ2n) is 6.04. The molecule has 0 spiro atoms. The zero-order valence-electron chi connectivity index (χ0n) is 15.2. The Balaban J connectivity index is 1.58. The molecule has 0 radical (unpaired) electrons. The molecule has 0 bridgehead atoms. The molecule has 0 unspecified atom stereocenters. The van der Waals surface area contributed by atoms with Crippen molar-refractivity contribution in [1.82, 2.24) is 0 Å². The molecule has 0 aliphatic heterocycles. The topological polar surface area (TPSA) is 84.5 Å². The molecule has 156 valence electrons. The molecular weight excluding hydrogens is 471 g/mol. The van der Waals surface area contributed by atoms with Gasteiger partial charge in [-0.15, -0.1) is 0 Å². The van der Waals surface area contributed by atoms with E-state index < -0.39 is 15.9 Å². The van der Waals surface area contributed by atoms with Crippen molar-refractivity contribution in [3.8, 4) is 5.75 Å². The summed E-state index contributed by atoms with van der Waals surface area (Å²) in [6, 6.07) is 16.6. The molecule has 0 heterocycles. The summed E-state index contributed by atoms with van der Waals surface area (Å²) < 4.78 is 32.8. The van der Waals surface area contributed by atoms with Gasteiger partial charge in [0, 0.05) is 15.7 Å². The smallest absolute Gasteiger partial charge is 0.262 e. The van der Waals surface area contributed by atoms with Crippen molar-refractivity contribution in [1.29, 1.82) is 0 Å². The zero-order chi connectivity index (χ0) is 21.7. The number of ether oxygens (including phenoxy) is 1. The minimum atomic E-state index is -3.78. The number of carbonyl (C=O) groups is 1. The first-order chi connectivity index (χ1) is 14.2. The van der Waals surface area contributed by atoms with Gasteiger partial charge in [0.1, 0.15) is 5.75 Å². The average molecular weight is 486 g/mol. The highest BCUT2D eigenvalue weighted by atomic mass is 35.5. The third-order valence-corrected chi connectivity index (χ3v) is 6.00. The number of carbonyl (C=O) groups excluding carboxylic acids is 1. The van der Waals surface area contributed by atoms with Gasteiger partial charge in [-0.2, -0.15) is 0 Å². The fraction of sp³-hybridized carbons (Fsp3) is 0.0500. The maximum Gasteiger partial charge on any atom is 0.262 e. The highest BCUT2D eigenvalue weighted by Crippen LogP contribution is 2.25. The maximum absolute atomic E-state index is 12.5. The third kappa shape index (κ3) is 6.03. The molecule has 3 aromatic carbocycles. The fourth-order valence-electron chi connectivity index (χ4n) is 2.37. The van der Waals surface area contributed by atoms with Crippen molar-refractivity contribution < 1.29 is 17.9 Å². The largest absolute Gasteiger partial charge is 0.484 e. The van der Waals surface area contributed by atoms with Crippen LogP contribution in [0, 0.1) is 0 Å². The van der Waals surface area contributed by atoms with Gasteiger partial charge in [0.05, 0.1) is 15.6 Å². The van der Waals surface area contributed by atoms with E-state index in [-0.39, 0.29) is 11.5 Å². The van der Waals surface area contributed by atoms with Crippen LogP contribution in [0.1, 0.15) is 0 Å². The van der Waals surface area contributed by atoms with Crippen LogP contribution in [-0.4, -0.2) is 20.9 Å². The molecule has 0 aliphatic carbocycles. The Morgan fingerprint density at radius 1 is 0.867 bits per heavy atom. The van der Waals surface area contributed by atoms with Gasteiger partial charge in [-0.25, -0.2) is 8.42 Å². The van der Waals surface area contributed by atoms with Gasteiger partial charge in [0.15, 0.2) is 6.61 Å². The average Bonchev–Trinajstić information content (AvgIpc) is 2.70. The van der Waals surface area contributed by atoms with Gasteiger partial charge in [-0.05, 0) is 66.7 Å². The van der Waals surface area contributed by atoms with Crippen LogP contribution in [0.2, 0.25) is 15.1 Å². The Morgan fingerprint density at radius 2 is 1.50 bits per heavy atom. The highest BCUT2D eigenvalue weighted by molar-refractivity contribution is 7.92. The van der Waals surface area contributed by atoms with Crippen LogP contribution in [0.5, 0.6) is 5.75 Å². The number of hydrogen-bond donors (Lipinski definition) is 2. The number of benzene rings is 3. The summed E-state index contributed by atoms with van der Waals surface area (Å²) in [5.74, 6) is -0.0990. The molecule has 0 saturated heterocycles. The molecule has 0 aliphatic rings. The molecular formula is C20H15Cl3N2O4S. The van der Waals surface area contributed by atoms with Gasteiger partial charge in [0.2, 0.25) is 0 Å². The molecule has 30 heavy (non-hydrogen) atoms. The molecule has 0 atom stereocenters. The summed E-state index contributed by atoms with van der Waals surface area (Å²) in [7, 11) is -3.78. The van der Waals surface area contributed by atoms with Gasteiger partial charge in [-0.3, -0.25) is 9.52 Å². The Labute approximate surface area is 188 Å². The van der Waals surface area contributed by atoms with Crippen molar-refractivity contribution in [3.63, 3.8) is 0 Å². The lowest BCUT2D eigenvalue weighted by Crippen LogP contribution is -2.20. The Hall–Kier alpha value is -2.45. The molecule has 1 amide bonds. The minimum absolute atomic E-state index is 0.0437. The van der Waals surface area contributed by atoms with E-state index in [1.165, 1.54) is 30.3 Å². The number of rotatable bonds is 7. The van der Waals surface area contributed by atoms with E-state index in [1.807, 2.05) is 0 Å². The second kappa shape index (κ2) is 9.57. The van der Waals surface area contributed by atoms with E-state index in [4.69, 9.17) is 39.5 Å². The van der Waals surface area contributed by atoms with Crippen molar-refractivity contribution in [2.45, 2.75) is 4.90 Å². The summed E-state index contributed by atoms with van der Waals surface area (Å²) in [5.41, 5.74) is 0.793. The van der Waals surface area contributed by atoms with Crippen LogP contribution in [0.3, 0.4) is 0 Å². The quantitative estimate of drug-likeness (QED) is 0.465. The predicted molar refractivity (Wildman–Crippen MR) is 119 cm³/mol. The van der Waals surface area contributed by atoms with Gasteiger partial charge < -0.3 is 10.1 Å². The summed E-state index contributed by atoms with van der Waals surface area (Å²) in [4.78, 5) is 12.1. The Bertz CT molecular complexity index is 1150. The standard InChI is InChI=1S/C20H15Cl3N2O4S/c21-13-1-4-15(5-2-13)25-30(27,28)17-8-6-16(7-9-17)29-12-20(26)24-19-10-3-14(22)11-18(19)23/h1-11,25H,12H2,(H,24,26). The monoisotopic (exact) mass is 484 g/mol. The molecule has 0 fully saturated rings. The van der Waals surface area contributed by atoms with Crippen LogP contribution in [0.15, 0.2) is 71.6 Å². The molecule has 3 aromatic rings. The zero-order valence-corrected chi connectivity index (χ0v) is 18.3. The first-order valence-electron chi connectivity index (χ1n) is 8.49. The predicted octanol–water partition coefficient (Wildman–Crippen LogP) is 5.47. The number of amides is 1. The van der Waals surface area contributed by atoms with Crippen LogP contribution in [0.25, 0.3) is 0 Å². The van der Waals surface area contributed by atoms with Crippen molar-refractivity contribution in [3.05, 3.63) is 81.8 Å². The lowest BCUT2D eigenvalue weighted by Gasteiger charge is -2.11. The van der Waals surface area contributed by atoms with Crippen LogP contribution >= 0.6 is 34.8 Å². The lowest BCUT2D eigenvalue weighted by molar-refractivity contribution is -0.118. The molecule has 2 N–H and O–H groups in total. The van der Waals surface area contributed by atoms with E-state index in [0.717, 1.165) is 0 Å². The number of halogens is 3.